The molecular formula is C14H17ClN4O. The molecule has 2 aromatic rings. The summed E-state index contributed by atoms with van der Waals surface area (Å²) in [7, 11) is 0. The van der Waals surface area contributed by atoms with Crippen LogP contribution in [0.2, 0.25) is 5.02 Å². The highest BCUT2D eigenvalue weighted by Crippen LogP contribution is 2.34. The van der Waals surface area contributed by atoms with Gasteiger partial charge in [0, 0.05) is 12.7 Å². The fourth-order valence-electron chi connectivity index (χ4n) is 2.69. The van der Waals surface area contributed by atoms with E-state index in [0.717, 1.165) is 32.4 Å². The maximum atomic E-state index is 6.13. The van der Waals surface area contributed by atoms with Crippen molar-refractivity contribution >= 4 is 11.6 Å². The summed E-state index contributed by atoms with van der Waals surface area (Å²) in [6, 6.07) is 3.56. The molecule has 1 unspecified atom stereocenters. The van der Waals surface area contributed by atoms with E-state index >= 15 is 0 Å². The third kappa shape index (κ3) is 2.31. The van der Waals surface area contributed by atoms with Crippen LogP contribution < -0.4 is 5.32 Å². The minimum Gasteiger partial charge on any atom is -0.338 e. The van der Waals surface area contributed by atoms with E-state index in [1.807, 2.05) is 0 Å². The quantitative estimate of drug-likeness (QED) is 0.942. The van der Waals surface area contributed by atoms with Crippen LogP contribution in [0.15, 0.2) is 22.9 Å². The van der Waals surface area contributed by atoms with Gasteiger partial charge in [0.05, 0.1) is 10.4 Å². The molecule has 0 saturated carbocycles. The highest BCUT2D eigenvalue weighted by Gasteiger charge is 2.37. The number of piperidine rings is 1. The molecule has 1 aliphatic heterocycles. The molecule has 5 nitrogen and oxygen atoms in total. The molecule has 3 heterocycles. The number of nitrogens with zero attached hydrogens (tertiary/aromatic N) is 3. The van der Waals surface area contributed by atoms with Gasteiger partial charge in [0.25, 0.3) is 0 Å². The predicted octanol–water partition coefficient (Wildman–Crippen LogP) is 2.82. The Bertz CT molecular complexity index is 592. The molecule has 0 spiro atoms. The first kappa shape index (κ1) is 13.5. The molecule has 0 aromatic carbocycles. The van der Waals surface area contributed by atoms with Crippen LogP contribution in [0, 0.1) is 0 Å². The zero-order valence-corrected chi connectivity index (χ0v) is 12.2. The second-order valence-corrected chi connectivity index (χ2v) is 5.58. The molecule has 2 aromatic heterocycles. The van der Waals surface area contributed by atoms with Crippen LogP contribution in [0.1, 0.15) is 32.1 Å². The number of hydrogen-bond donors (Lipinski definition) is 1. The Morgan fingerprint density at radius 2 is 2.40 bits per heavy atom. The summed E-state index contributed by atoms with van der Waals surface area (Å²) in [6.45, 7) is 4.08. The standard InChI is InChI=1S/C14H17ClN4O/c1-2-14(6-4-7-16-9-14)13-18-12(19-20-13)11-10(15)5-3-8-17-11/h3,5,8,16H,2,4,6-7,9H2,1H3. The van der Waals surface area contributed by atoms with Crippen LogP contribution in [0.25, 0.3) is 11.5 Å². The molecular weight excluding hydrogens is 276 g/mol. The Hall–Kier alpha value is -1.46. The smallest absolute Gasteiger partial charge is 0.234 e. The molecule has 0 aliphatic carbocycles. The fraction of sp³-hybridized carbons (Fsp3) is 0.500. The van der Waals surface area contributed by atoms with Gasteiger partial charge in [0.1, 0.15) is 5.69 Å². The van der Waals surface area contributed by atoms with Crippen LogP contribution in [0.5, 0.6) is 0 Å². The first-order valence-electron chi connectivity index (χ1n) is 6.91. The lowest BCUT2D eigenvalue weighted by molar-refractivity contribution is 0.221. The monoisotopic (exact) mass is 292 g/mol. The van der Waals surface area contributed by atoms with Crippen LogP contribution in [0.4, 0.5) is 0 Å². The lowest BCUT2D eigenvalue weighted by Crippen LogP contribution is -2.43. The van der Waals surface area contributed by atoms with E-state index in [0.29, 0.717) is 22.4 Å². The third-order valence-corrected chi connectivity index (χ3v) is 4.30. The molecule has 1 fully saturated rings. The molecule has 0 bridgehead atoms. The summed E-state index contributed by atoms with van der Waals surface area (Å²) in [5.74, 6) is 1.15. The topological polar surface area (TPSA) is 63.8 Å². The molecule has 106 valence electrons. The van der Waals surface area contributed by atoms with Gasteiger partial charge in [-0.15, -0.1) is 0 Å². The molecule has 1 aliphatic rings. The Balaban J connectivity index is 1.95. The number of halogens is 1. The van der Waals surface area contributed by atoms with Crippen LogP contribution in [-0.4, -0.2) is 28.2 Å². The molecule has 1 saturated heterocycles. The minimum atomic E-state index is -0.0647. The Morgan fingerprint density at radius 1 is 1.50 bits per heavy atom. The van der Waals surface area contributed by atoms with Gasteiger partial charge >= 0.3 is 0 Å². The zero-order valence-electron chi connectivity index (χ0n) is 11.4. The van der Waals surface area contributed by atoms with Crippen molar-refractivity contribution in [3.8, 4) is 11.5 Å². The predicted molar refractivity (Wildman–Crippen MR) is 76.6 cm³/mol. The Labute approximate surface area is 122 Å². The van der Waals surface area contributed by atoms with E-state index in [1.54, 1.807) is 18.3 Å². The van der Waals surface area contributed by atoms with Gasteiger partial charge in [0.15, 0.2) is 0 Å². The lowest BCUT2D eigenvalue weighted by atomic mass is 9.78. The summed E-state index contributed by atoms with van der Waals surface area (Å²) in [6.07, 6.45) is 4.83. The second-order valence-electron chi connectivity index (χ2n) is 5.17. The average molecular weight is 293 g/mol. The van der Waals surface area contributed by atoms with Gasteiger partial charge in [-0.25, -0.2) is 0 Å². The van der Waals surface area contributed by atoms with Crippen molar-refractivity contribution < 1.29 is 4.52 Å². The number of aromatic nitrogens is 3. The van der Waals surface area contributed by atoms with Crippen molar-refractivity contribution in [3.05, 3.63) is 29.2 Å². The number of rotatable bonds is 3. The first-order valence-corrected chi connectivity index (χ1v) is 7.29. The highest BCUT2D eigenvalue weighted by atomic mass is 35.5. The normalized spacial score (nSPS) is 22.9. The summed E-state index contributed by atoms with van der Waals surface area (Å²) in [5, 5.41) is 8.01. The minimum absolute atomic E-state index is 0.0647. The van der Waals surface area contributed by atoms with E-state index in [1.165, 1.54) is 0 Å². The van der Waals surface area contributed by atoms with Crippen molar-refractivity contribution in [2.24, 2.45) is 0 Å². The maximum Gasteiger partial charge on any atom is 0.234 e. The van der Waals surface area contributed by atoms with E-state index in [9.17, 15) is 0 Å². The van der Waals surface area contributed by atoms with Crippen molar-refractivity contribution in [3.63, 3.8) is 0 Å². The number of nitrogens with one attached hydrogen (secondary N) is 1. The van der Waals surface area contributed by atoms with Crippen molar-refractivity contribution in [2.45, 2.75) is 31.6 Å². The largest absolute Gasteiger partial charge is 0.338 e. The van der Waals surface area contributed by atoms with Gasteiger partial charge < -0.3 is 9.84 Å². The summed E-state index contributed by atoms with van der Waals surface area (Å²) in [5.41, 5.74) is 0.504. The molecule has 1 atom stereocenters. The Morgan fingerprint density at radius 3 is 3.10 bits per heavy atom. The Kier molecular flexibility index (Phi) is 3.72. The number of pyridine rings is 1. The van der Waals surface area contributed by atoms with Crippen molar-refractivity contribution in [1.29, 1.82) is 0 Å². The number of hydrogen-bond acceptors (Lipinski definition) is 5. The average Bonchev–Trinajstić information content (AvgIpc) is 2.98. The van der Waals surface area contributed by atoms with Gasteiger partial charge in [-0.3, -0.25) is 4.98 Å². The highest BCUT2D eigenvalue weighted by molar-refractivity contribution is 6.32. The van der Waals surface area contributed by atoms with Crippen molar-refractivity contribution in [2.75, 3.05) is 13.1 Å². The molecule has 1 N–H and O–H groups in total. The van der Waals surface area contributed by atoms with Crippen LogP contribution in [0.3, 0.4) is 0 Å². The maximum absolute atomic E-state index is 6.13. The van der Waals surface area contributed by atoms with E-state index < -0.39 is 0 Å². The summed E-state index contributed by atoms with van der Waals surface area (Å²) in [4.78, 5) is 8.77. The zero-order chi connectivity index (χ0) is 14.0. The molecule has 3 rings (SSSR count). The van der Waals surface area contributed by atoms with E-state index in [2.05, 4.69) is 27.4 Å². The van der Waals surface area contributed by atoms with Gasteiger partial charge in [-0.1, -0.05) is 23.7 Å². The third-order valence-electron chi connectivity index (χ3n) is 4.00. The summed E-state index contributed by atoms with van der Waals surface area (Å²) >= 11 is 6.13. The van der Waals surface area contributed by atoms with Crippen LogP contribution in [-0.2, 0) is 5.41 Å². The second kappa shape index (κ2) is 5.50. The van der Waals surface area contributed by atoms with Gasteiger partial charge in [-0.2, -0.15) is 4.98 Å². The first-order chi connectivity index (χ1) is 9.75. The van der Waals surface area contributed by atoms with Gasteiger partial charge in [0.2, 0.25) is 11.7 Å². The molecule has 0 radical (unpaired) electrons. The molecule has 6 heteroatoms. The lowest BCUT2D eigenvalue weighted by Gasteiger charge is -2.33. The van der Waals surface area contributed by atoms with Crippen LogP contribution >= 0.6 is 11.6 Å². The van der Waals surface area contributed by atoms with Gasteiger partial charge in [-0.05, 0) is 37.9 Å². The van der Waals surface area contributed by atoms with E-state index in [4.69, 9.17) is 16.1 Å². The summed E-state index contributed by atoms with van der Waals surface area (Å²) < 4.78 is 5.51. The molecule has 20 heavy (non-hydrogen) atoms. The fourth-order valence-corrected chi connectivity index (χ4v) is 2.89. The van der Waals surface area contributed by atoms with Crippen molar-refractivity contribution in [1.82, 2.24) is 20.4 Å². The SMILES string of the molecule is CCC1(c2nc(-c3ncccc3Cl)no2)CCCNC1. The molecule has 0 amide bonds. The van der Waals surface area contributed by atoms with E-state index in [-0.39, 0.29) is 5.41 Å².